The number of rotatable bonds is 7. The van der Waals surface area contributed by atoms with Crippen LogP contribution in [0, 0.1) is 35.9 Å². The molecule has 0 unspecified atom stereocenters. The van der Waals surface area contributed by atoms with Gasteiger partial charge in [0.1, 0.15) is 11.6 Å². The molecule has 4 aromatic carbocycles. The largest absolute Gasteiger partial charge is 2.00 e. The predicted molar refractivity (Wildman–Crippen MR) is 171 cm³/mol. The fourth-order valence-corrected chi connectivity index (χ4v) is 5.17. The topological polar surface area (TPSA) is 75.0 Å². The molecule has 0 aliphatic rings. The summed E-state index contributed by atoms with van der Waals surface area (Å²) in [4.78, 5) is 17.3. The minimum Gasteiger partial charge on any atom is -0.503 e. The normalized spacial score (nSPS) is 10.7. The van der Waals surface area contributed by atoms with Gasteiger partial charge in [-0.25, -0.2) is 18.7 Å². The summed E-state index contributed by atoms with van der Waals surface area (Å²) in [5, 5.41) is 1.76. The fraction of sp³-hybridized carbons (Fsp3) is 0. The summed E-state index contributed by atoms with van der Waals surface area (Å²) in [6.07, 6.45) is 5.65. The number of aromatic nitrogens is 5. The van der Waals surface area contributed by atoms with Crippen molar-refractivity contribution < 1.29 is 59.1 Å². The Hall–Kier alpha value is -5.16. The predicted octanol–water partition coefficient (Wildman–Crippen LogP) is 8.76. The maximum Gasteiger partial charge on any atom is 2.00 e. The first kappa shape index (κ1) is 33.7. The Balaban J connectivity index is 0.00000208. The second kappa shape index (κ2) is 14.5. The van der Waals surface area contributed by atoms with Gasteiger partial charge < -0.3 is 24.0 Å². The van der Waals surface area contributed by atoms with Crippen LogP contribution < -0.4 is 9.47 Å². The van der Waals surface area contributed by atoms with Crippen molar-refractivity contribution in [2.24, 2.45) is 0 Å². The van der Waals surface area contributed by atoms with Crippen molar-refractivity contribution in [2.75, 3.05) is 0 Å². The van der Waals surface area contributed by atoms with Gasteiger partial charge in [-0.05, 0) is 29.6 Å². The molecule has 0 radical (unpaired) electrons. The number of hydrogen-bond acceptors (Lipinski definition) is 6. The van der Waals surface area contributed by atoms with Crippen LogP contribution in [0.3, 0.4) is 0 Å². The number of benzene rings is 4. The van der Waals surface area contributed by atoms with Crippen molar-refractivity contribution in [3.05, 3.63) is 152 Å². The molecule has 11 heteroatoms. The second-order valence-corrected chi connectivity index (χ2v) is 10.3. The van der Waals surface area contributed by atoms with Gasteiger partial charge in [-0.15, -0.1) is 71.8 Å². The molecule has 8 rings (SSSR count). The molecule has 8 aromatic rings. The van der Waals surface area contributed by atoms with Crippen LogP contribution in [-0.2, 0) is 40.8 Å². The minimum absolute atomic E-state index is 0. The number of nitrogens with zero attached hydrogens (tertiary/aromatic N) is 5. The molecule has 0 fully saturated rings. The van der Waals surface area contributed by atoms with Gasteiger partial charge in [-0.3, -0.25) is 0 Å². The first-order valence-corrected chi connectivity index (χ1v) is 14.4. The van der Waals surface area contributed by atoms with Crippen molar-refractivity contribution in [1.82, 2.24) is 24.5 Å². The Labute approximate surface area is 306 Å². The van der Waals surface area contributed by atoms with Crippen LogP contribution in [0.25, 0.3) is 50.3 Å². The molecule has 0 saturated heterocycles. The quantitative estimate of drug-likeness (QED) is 0.118. The molecule has 0 atom stereocenters. The molecule has 0 N–H and O–H groups in total. The number of ether oxygens (including phenoxy) is 2. The zero-order chi connectivity index (χ0) is 31.7. The molecule has 4 heterocycles. The molecule has 242 valence electrons. The van der Waals surface area contributed by atoms with E-state index in [0.29, 0.717) is 62.5 Å². The number of pyridine rings is 2. The van der Waals surface area contributed by atoms with Gasteiger partial charge >= 0.3 is 40.8 Å². The van der Waals surface area contributed by atoms with E-state index in [1.54, 1.807) is 42.7 Å². The van der Waals surface area contributed by atoms with Crippen LogP contribution >= 0.6 is 0 Å². The second-order valence-electron chi connectivity index (χ2n) is 10.3. The zero-order valence-corrected chi connectivity index (χ0v) is 28.0. The SMILES string of the molecule is Fc1ccc(-c2[c-]c(Oc3[c-]c4c(cc3)c3ccc(Oc5[c-]c(-c6ccc(F)cn6)ccc5)[c-]c3n4-c3ncccn3)ccc2)nc1.[Pd+2].[Pd+2]. The van der Waals surface area contributed by atoms with Crippen LogP contribution in [0.5, 0.6) is 23.0 Å². The first-order valence-electron chi connectivity index (χ1n) is 14.4. The summed E-state index contributed by atoms with van der Waals surface area (Å²) >= 11 is 0. The molecule has 0 aliphatic carbocycles. The van der Waals surface area contributed by atoms with E-state index in [0.717, 1.165) is 23.2 Å². The van der Waals surface area contributed by atoms with Crippen LogP contribution in [0.1, 0.15) is 0 Å². The third-order valence-electron chi connectivity index (χ3n) is 7.27. The fourth-order valence-electron chi connectivity index (χ4n) is 5.17. The van der Waals surface area contributed by atoms with E-state index >= 15 is 0 Å². The Morgan fingerprint density at radius 2 is 0.959 bits per heavy atom. The summed E-state index contributed by atoms with van der Waals surface area (Å²) in [6, 6.07) is 39.1. The molecule has 0 aliphatic heterocycles. The minimum atomic E-state index is -0.412. The third-order valence-corrected chi connectivity index (χ3v) is 7.27. The van der Waals surface area contributed by atoms with Gasteiger partial charge in [-0.2, -0.15) is 22.9 Å². The van der Waals surface area contributed by atoms with E-state index in [9.17, 15) is 8.78 Å². The van der Waals surface area contributed by atoms with Gasteiger partial charge in [0.2, 0.25) is 5.95 Å². The molecule has 0 spiro atoms. The van der Waals surface area contributed by atoms with Crippen molar-refractivity contribution in [3.8, 4) is 51.5 Å². The Bertz CT molecular complexity index is 2240. The van der Waals surface area contributed by atoms with Crippen molar-refractivity contribution >= 4 is 21.8 Å². The van der Waals surface area contributed by atoms with Crippen molar-refractivity contribution in [2.45, 2.75) is 0 Å². The van der Waals surface area contributed by atoms with Gasteiger partial charge in [0.15, 0.2) is 0 Å². The molecule has 0 bridgehead atoms. The van der Waals surface area contributed by atoms with Crippen LogP contribution in [0.4, 0.5) is 8.78 Å². The third kappa shape index (κ3) is 7.03. The van der Waals surface area contributed by atoms with Gasteiger partial charge in [-0.1, -0.05) is 35.3 Å². The maximum absolute atomic E-state index is 13.4. The number of hydrogen-bond donors (Lipinski definition) is 0. The number of fused-ring (bicyclic) bond motifs is 3. The van der Waals surface area contributed by atoms with Crippen molar-refractivity contribution in [3.63, 3.8) is 0 Å². The molecule has 4 aromatic heterocycles. The average Bonchev–Trinajstić information content (AvgIpc) is 3.42. The maximum atomic E-state index is 13.4. The first-order chi connectivity index (χ1) is 23.1. The monoisotopic (exact) mass is 827 g/mol. The van der Waals surface area contributed by atoms with E-state index in [4.69, 9.17) is 9.47 Å². The van der Waals surface area contributed by atoms with Gasteiger partial charge in [0, 0.05) is 35.4 Å². The summed E-state index contributed by atoms with van der Waals surface area (Å²) < 4.78 is 41.0. The Kier molecular flexibility index (Phi) is 10.0. The summed E-state index contributed by atoms with van der Waals surface area (Å²) in [5.74, 6) is 1.36. The average molecular weight is 828 g/mol. The van der Waals surface area contributed by atoms with E-state index < -0.39 is 11.6 Å². The van der Waals surface area contributed by atoms with E-state index in [2.05, 4.69) is 44.2 Å². The van der Waals surface area contributed by atoms with E-state index in [-0.39, 0.29) is 40.8 Å². The molecular formula is C38H19F2N5O2Pd2. The smallest absolute Gasteiger partial charge is 0.503 e. The molecular weight excluding hydrogens is 809 g/mol. The summed E-state index contributed by atoms with van der Waals surface area (Å²) in [5.41, 5.74) is 3.81. The van der Waals surface area contributed by atoms with Gasteiger partial charge in [0.25, 0.3) is 0 Å². The molecule has 0 amide bonds. The van der Waals surface area contributed by atoms with Crippen LogP contribution in [0.2, 0.25) is 0 Å². The molecule has 7 nitrogen and oxygen atoms in total. The Morgan fingerprint density at radius 1 is 0.490 bits per heavy atom. The Morgan fingerprint density at radius 3 is 1.41 bits per heavy atom. The summed E-state index contributed by atoms with van der Waals surface area (Å²) in [7, 11) is 0. The van der Waals surface area contributed by atoms with E-state index in [1.807, 2.05) is 53.1 Å². The zero-order valence-electron chi connectivity index (χ0n) is 24.9. The number of halogens is 2. The van der Waals surface area contributed by atoms with Gasteiger partial charge in [0.05, 0.1) is 12.4 Å². The van der Waals surface area contributed by atoms with Crippen LogP contribution in [0.15, 0.2) is 116 Å². The van der Waals surface area contributed by atoms with E-state index in [1.165, 1.54) is 12.1 Å². The summed E-state index contributed by atoms with van der Waals surface area (Å²) in [6.45, 7) is 0. The van der Waals surface area contributed by atoms with Crippen molar-refractivity contribution in [1.29, 1.82) is 0 Å². The standard InChI is InChI=1S/C38H19F2N5O2.2Pd/c39-26-8-14-34(43-22-26)24-4-1-6-28(18-24)46-30-10-12-32-33-13-11-31(21-37(33)45(36(32)20-30)38-41-16-3-17-42-38)47-29-7-2-5-25(19-29)35-15-9-27(40)23-44-35;;/h1-17,22-23H;;/q-4;2*+2. The molecule has 49 heavy (non-hydrogen) atoms. The molecule has 0 saturated carbocycles. The van der Waals surface area contributed by atoms with Crippen LogP contribution in [-0.4, -0.2) is 24.5 Å².